The summed E-state index contributed by atoms with van der Waals surface area (Å²) < 4.78 is 45.8. The molecule has 8 heteroatoms. The lowest BCUT2D eigenvalue weighted by Gasteiger charge is -2.38. The lowest BCUT2D eigenvalue weighted by atomic mass is 9.82. The number of fused-ring (bicyclic) bond motifs is 1. The maximum Gasteiger partial charge on any atom is 0.333 e. The Morgan fingerprint density at radius 2 is 2.04 bits per heavy atom. The molecule has 146 valence electrons. The van der Waals surface area contributed by atoms with Crippen molar-refractivity contribution >= 4 is 10.3 Å². The van der Waals surface area contributed by atoms with Crippen LogP contribution >= 0.6 is 0 Å². The molecule has 2 aliphatic rings. The van der Waals surface area contributed by atoms with Crippen LogP contribution in [0.5, 0.6) is 5.75 Å². The second-order valence-corrected chi connectivity index (χ2v) is 8.72. The fraction of sp³-hybridized carbons (Fsp3) is 0.667. The van der Waals surface area contributed by atoms with Crippen molar-refractivity contribution in [2.24, 2.45) is 0 Å². The topological polar surface area (TPSA) is 88.1 Å². The van der Waals surface area contributed by atoms with Gasteiger partial charge in [0, 0.05) is 30.1 Å². The Morgan fingerprint density at radius 1 is 1.35 bits per heavy atom. The molecule has 0 saturated carbocycles. The van der Waals surface area contributed by atoms with Gasteiger partial charge in [0.1, 0.15) is 5.75 Å². The summed E-state index contributed by atoms with van der Waals surface area (Å²) in [6, 6.07) is 5.32. The smallest absolute Gasteiger partial charge is 0.333 e. The second-order valence-electron chi connectivity index (χ2n) is 7.53. The summed E-state index contributed by atoms with van der Waals surface area (Å²) in [4.78, 5) is 2.29. The predicted molar refractivity (Wildman–Crippen MR) is 98.6 cm³/mol. The van der Waals surface area contributed by atoms with Gasteiger partial charge < -0.3 is 9.47 Å². The van der Waals surface area contributed by atoms with Crippen molar-refractivity contribution in [1.29, 1.82) is 0 Å². The summed E-state index contributed by atoms with van der Waals surface area (Å²) in [7, 11) is -4.27. The highest BCUT2D eigenvalue weighted by atomic mass is 32.2. The lowest BCUT2D eigenvalue weighted by molar-refractivity contribution is -0.0612. The number of rotatable bonds is 6. The van der Waals surface area contributed by atoms with Crippen LogP contribution in [0.25, 0.3) is 0 Å². The van der Waals surface area contributed by atoms with Crippen LogP contribution in [0.15, 0.2) is 18.2 Å². The molecule has 1 aromatic rings. The van der Waals surface area contributed by atoms with Gasteiger partial charge in [0.05, 0.1) is 13.2 Å². The molecule has 2 atom stereocenters. The Balaban J connectivity index is 1.89. The highest BCUT2D eigenvalue weighted by molar-refractivity contribution is 7.83. The van der Waals surface area contributed by atoms with E-state index in [1.54, 1.807) is 0 Å². The number of nitrogens with zero attached hydrogens (tertiary/aromatic N) is 1. The fourth-order valence-electron chi connectivity index (χ4n) is 3.88. The number of hydrogen-bond acceptors (Lipinski definition) is 5. The van der Waals surface area contributed by atoms with Gasteiger partial charge in [-0.15, -0.1) is 0 Å². The van der Waals surface area contributed by atoms with Gasteiger partial charge >= 0.3 is 10.3 Å². The Hall–Kier alpha value is -1.19. The maximum atomic E-state index is 11.3. The van der Waals surface area contributed by atoms with Gasteiger partial charge in [-0.25, -0.2) is 0 Å². The lowest BCUT2D eigenvalue weighted by Crippen LogP contribution is -2.52. The average Bonchev–Trinajstić information content (AvgIpc) is 2.85. The second kappa shape index (κ2) is 7.44. The van der Waals surface area contributed by atoms with E-state index in [0.29, 0.717) is 19.6 Å². The number of ether oxygens (including phenoxy) is 2. The van der Waals surface area contributed by atoms with E-state index < -0.39 is 16.3 Å². The first-order valence-electron chi connectivity index (χ1n) is 9.10. The summed E-state index contributed by atoms with van der Waals surface area (Å²) in [6.07, 6.45) is 1.32. The molecule has 26 heavy (non-hydrogen) atoms. The summed E-state index contributed by atoms with van der Waals surface area (Å²) in [6.45, 7) is 9.34. The summed E-state index contributed by atoms with van der Waals surface area (Å²) in [5.74, 6) is 0.831. The molecule has 0 bridgehead atoms. The zero-order chi connectivity index (χ0) is 18.9. The van der Waals surface area contributed by atoms with E-state index in [4.69, 9.17) is 9.47 Å². The number of morpholine rings is 1. The van der Waals surface area contributed by atoms with Gasteiger partial charge in [0.15, 0.2) is 6.23 Å². The van der Waals surface area contributed by atoms with Gasteiger partial charge in [0.2, 0.25) is 0 Å². The molecule has 0 aliphatic carbocycles. The third-order valence-electron chi connectivity index (χ3n) is 5.20. The van der Waals surface area contributed by atoms with Gasteiger partial charge in [-0.2, -0.15) is 13.1 Å². The largest absolute Gasteiger partial charge is 0.474 e. The molecule has 1 fully saturated rings. The molecule has 0 aromatic heterocycles. The molecular formula is C18H28N2O5S. The van der Waals surface area contributed by atoms with Crippen molar-refractivity contribution in [1.82, 2.24) is 9.62 Å². The van der Waals surface area contributed by atoms with Crippen molar-refractivity contribution in [3.63, 3.8) is 0 Å². The van der Waals surface area contributed by atoms with Crippen LogP contribution in [-0.2, 0) is 20.5 Å². The SMILES string of the molecule is CCCC(NS(=O)(=O)O)c1ccc2c(c1)C(C)(C)C(N1CCOCC1)O2. The van der Waals surface area contributed by atoms with E-state index in [1.807, 2.05) is 25.1 Å². The van der Waals surface area contributed by atoms with E-state index in [1.165, 1.54) is 0 Å². The first kappa shape index (κ1) is 19.6. The number of benzene rings is 1. The standard InChI is InChI=1S/C18H28N2O5S/c1-4-5-15(19-26(21,22)23)13-6-7-16-14(12-13)18(2,3)17(25-16)20-8-10-24-11-9-20/h6-7,12,15,17,19H,4-5,8-11H2,1-3H3,(H,21,22,23). The van der Waals surface area contributed by atoms with Crippen molar-refractivity contribution in [2.45, 2.75) is 51.3 Å². The molecule has 2 unspecified atom stereocenters. The van der Waals surface area contributed by atoms with Crippen LogP contribution in [0.3, 0.4) is 0 Å². The van der Waals surface area contributed by atoms with Gasteiger partial charge in [-0.3, -0.25) is 9.45 Å². The minimum absolute atomic E-state index is 0.0733. The maximum absolute atomic E-state index is 11.3. The Bertz CT molecular complexity index is 744. The summed E-state index contributed by atoms with van der Waals surface area (Å²) >= 11 is 0. The van der Waals surface area contributed by atoms with E-state index in [9.17, 15) is 13.0 Å². The Morgan fingerprint density at radius 3 is 2.65 bits per heavy atom. The first-order valence-corrected chi connectivity index (χ1v) is 10.5. The quantitative estimate of drug-likeness (QED) is 0.732. The molecule has 7 nitrogen and oxygen atoms in total. The molecular weight excluding hydrogens is 356 g/mol. The zero-order valence-electron chi connectivity index (χ0n) is 15.6. The van der Waals surface area contributed by atoms with Crippen LogP contribution < -0.4 is 9.46 Å². The van der Waals surface area contributed by atoms with Crippen LogP contribution in [0.4, 0.5) is 0 Å². The Labute approximate surface area is 155 Å². The fourth-order valence-corrected chi connectivity index (χ4v) is 4.49. The molecule has 0 radical (unpaired) electrons. The number of nitrogens with one attached hydrogen (secondary N) is 1. The van der Waals surface area contributed by atoms with Gasteiger partial charge in [-0.05, 0) is 24.1 Å². The highest BCUT2D eigenvalue weighted by Crippen LogP contribution is 2.45. The summed E-state index contributed by atoms with van der Waals surface area (Å²) in [5.41, 5.74) is 1.66. The zero-order valence-corrected chi connectivity index (χ0v) is 16.4. The summed E-state index contributed by atoms with van der Waals surface area (Å²) in [5, 5.41) is 0. The first-order chi connectivity index (χ1) is 12.2. The van der Waals surface area contributed by atoms with Crippen LogP contribution in [0.2, 0.25) is 0 Å². The van der Waals surface area contributed by atoms with E-state index >= 15 is 0 Å². The van der Waals surface area contributed by atoms with Crippen LogP contribution in [0.1, 0.15) is 50.8 Å². The third-order valence-corrected chi connectivity index (χ3v) is 5.78. The van der Waals surface area contributed by atoms with Crippen molar-refractivity contribution in [3.8, 4) is 5.75 Å². The minimum Gasteiger partial charge on any atom is -0.474 e. The van der Waals surface area contributed by atoms with Crippen molar-refractivity contribution in [3.05, 3.63) is 29.3 Å². The van der Waals surface area contributed by atoms with Gasteiger partial charge in [0.25, 0.3) is 0 Å². The van der Waals surface area contributed by atoms with E-state index in [0.717, 1.165) is 36.4 Å². The predicted octanol–water partition coefficient (Wildman–Crippen LogP) is 2.25. The third kappa shape index (κ3) is 4.04. The van der Waals surface area contributed by atoms with Gasteiger partial charge in [-0.1, -0.05) is 33.3 Å². The molecule has 0 spiro atoms. The van der Waals surface area contributed by atoms with Crippen LogP contribution in [0, 0.1) is 0 Å². The Kier molecular flexibility index (Phi) is 5.60. The molecule has 3 rings (SSSR count). The van der Waals surface area contributed by atoms with Crippen molar-refractivity contribution < 1.29 is 22.4 Å². The highest BCUT2D eigenvalue weighted by Gasteiger charge is 2.45. The monoisotopic (exact) mass is 384 g/mol. The van der Waals surface area contributed by atoms with E-state index in [2.05, 4.69) is 23.5 Å². The average molecular weight is 384 g/mol. The number of hydrogen-bond donors (Lipinski definition) is 2. The molecule has 2 N–H and O–H groups in total. The molecule has 1 aromatic carbocycles. The van der Waals surface area contributed by atoms with Crippen LogP contribution in [-0.4, -0.2) is 50.4 Å². The molecule has 2 heterocycles. The molecule has 2 aliphatic heterocycles. The molecule has 0 amide bonds. The molecule has 1 saturated heterocycles. The van der Waals surface area contributed by atoms with E-state index in [-0.39, 0.29) is 11.6 Å². The minimum atomic E-state index is -4.27. The van der Waals surface area contributed by atoms with Crippen molar-refractivity contribution in [2.75, 3.05) is 26.3 Å². The normalized spacial score (nSPS) is 24.1.